The largest absolute Gasteiger partial charge is 0.398 e. The third-order valence-corrected chi connectivity index (χ3v) is 0.921. The van der Waals surface area contributed by atoms with Gasteiger partial charge in [0.1, 0.15) is 12.8 Å². The van der Waals surface area contributed by atoms with Crippen LogP contribution in [0, 0.1) is 11.8 Å². The van der Waals surface area contributed by atoms with E-state index >= 15 is 0 Å². The third-order valence-electron chi connectivity index (χ3n) is 0.921. The first-order chi connectivity index (χ1) is 3.93. The Balaban J connectivity index is 2.51. The van der Waals surface area contributed by atoms with Crippen molar-refractivity contribution < 1.29 is 4.84 Å². The zero-order chi connectivity index (χ0) is 5.82. The van der Waals surface area contributed by atoms with Crippen LogP contribution in [0.15, 0.2) is 5.16 Å². The van der Waals surface area contributed by atoms with Gasteiger partial charge >= 0.3 is 0 Å². The van der Waals surface area contributed by atoms with Gasteiger partial charge in [-0.1, -0.05) is 11.1 Å². The first-order valence-corrected chi connectivity index (χ1v) is 2.52. The highest BCUT2D eigenvalue weighted by Crippen LogP contribution is 1.97. The number of hydrogen-bond donors (Lipinski definition) is 0. The van der Waals surface area contributed by atoms with Crippen molar-refractivity contribution in [1.82, 2.24) is 0 Å². The zero-order valence-electron chi connectivity index (χ0n) is 4.77. The summed E-state index contributed by atoms with van der Waals surface area (Å²) in [6.45, 7) is 0. The molecule has 0 spiro atoms. The van der Waals surface area contributed by atoms with Crippen molar-refractivity contribution in [2.75, 3.05) is 7.11 Å². The van der Waals surface area contributed by atoms with Crippen LogP contribution in [0.1, 0.15) is 12.8 Å². The van der Waals surface area contributed by atoms with Crippen molar-refractivity contribution in [3.05, 3.63) is 0 Å². The van der Waals surface area contributed by atoms with E-state index in [0.717, 1.165) is 18.6 Å². The molecule has 0 fully saturated rings. The van der Waals surface area contributed by atoms with E-state index in [4.69, 9.17) is 0 Å². The van der Waals surface area contributed by atoms with Crippen LogP contribution in [0.3, 0.4) is 0 Å². The lowest BCUT2D eigenvalue weighted by Crippen LogP contribution is -1.87. The first kappa shape index (κ1) is 5.17. The molecule has 1 aliphatic rings. The molecule has 2 nitrogen and oxygen atoms in total. The van der Waals surface area contributed by atoms with Gasteiger partial charge in [0.2, 0.25) is 0 Å². The predicted molar refractivity (Wildman–Crippen MR) is 31.5 cm³/mol. The molecule has 0 heterocycles. The van der Waals surface area contributed by atoms with E-state index < -0.39 is 0 Å². The maximum Gasteiger partial charge on any atom is 0.130 e. The summed E-state index contributed by atoms with van der Waals surface area (Å²) >= 11 is 0. The normalized spacial score (nSPS) is 20.4. The van der Waals surface area contributed by atoms with Gasteiger partial charge in [0.15, 0.2) is 0 Å². The highest BCUT2D eigenvalue weighted by atomic mass is 16.6. The van der Waals surface area contributed by atoms with E-state index in [1.165, 1.54) is 7.11 Å². The van der Waals surface area contributed by atoms with Crippen molar-refractivity contribution in [3.8, 4) is 11.8 Å². The maximum absolute atomic E-state index is 4.51. The van der Waals surface area contributed by atoms with Gasteiger partial charge in [-0.15, -0.1) is 0 Å². The Hall–Kier alpha value is -0.970. The summed E-state index contributed by atoms with van der Waals surface area (Å²) in [6.07, 6.45) is 1.86. The molecule has 2 heteroatoms. The summed E-state index contributed by atoms with van der Waals surface area (Å²) in [7, 11) is 1.53. The van der Waals surface area contributed by atoms with Crippen LogP contribution in [0.2, 0.25) is 0 Å². The molecule has 1 rings (SSSR count). The van der Waals surface area contributed by atoms with Crippen LogP contribution < -0.4 is 0 Å². The first-order valence-electron chi connectivity index (χ1n) is 2.52. The van der Waals surface area contributed by atoms with Crippen molar-refractivity contribution in [2.24, 2.45) is 5.16 Å². The average molecular weight is 109 g/mol. The Morgan fingerprint density at radius 1 is 1.75 bits per heavy atom. The molecule has 42 valence electrons. The Morgan fingerprint density at radius 3 is 3.12 bits per heavy atom. The Kier molecular flexibility index (Phi) is 1.53. The number of rotatable bonds is 1. The highest BCUT2D eigenvalue weighted by molar-refractivity contribution is 6.02. The molecule has 0 saturated carbocycles. The molecule has 0 amide bonds. The van der Waals surface area contributed by atoms with E-state index in [9.17, 15) is 0 Å². The van der Waals surface area contributed by atoms with Crippen LogP contribution in [0.4, 0.5) is 0 Å². The fourth-order valence-electron chi connectivity index (χ4n) is 0.587. The molecule has 0 unspecified atom stereocenters. The SMILES string of the molecule is CO/N=C1\C#CCC1. The molecule has 0 radical (unpaired) electrons. The zero-order valence-corrected chi connectivity index (χ0v) is 4.77. The number of hydrogen-bond acceptors (Lipinski definition) is 2. The van der Waals surface area contributed by atoms with Gasteiger partial charge in [-0.2, -0.15) is 0 Å². The Morgan fingerprint density at radius 2 is 2.62 bits per heavy atom. The second kappa shape index (κ2) is 2.37. The Bertz CT molecular complexity index is 161. The quantitative estimate of drug-likeness (QED) is 0.360. The predicted octanol–water partition coefficient (Wildman–Crippen LogP) is 0.786. The minimum atomic E-state index is 0.868. The van der Waals surface area contributed by atoms with E-state index in [1.807, 2.05) is 0 Å². The van der Waals surface area contributed by atoms with Crippen LogP contribution in [0.5, 0.6) is 0 Å². The third kappa shape index (κ3) is 1.00. The molecule has 0 N–H and O–H groups in total. The van der Waals surface area contributed by atoms with E-state index in [-0.39, 0.29) is 0 Å². The van der Waals surface area contributed by atoms with Gasteiger partial charge in [-0.25, -0.2) is 0 Å². The number of oxime groups is 1. The second-order valence-electron chi connectivity index (χ2n) is 1.52. The lowest BCUT2D eigenvalue weighted by atomic mass is 10.3. The lowest BCUT2D eigenvalue weighted by Gasteiger charge is -1.86. The standard InChI is InChI=1S/C6H7NO/c1-8-7-6-4-2-3-5-6/h2,4H2,1H3/b7-6-. The molecule has 0 aromatic rings. The topological polar surface area (TPSA) is 21.6 Å². The van der Waals surface area contributed by atoms with Crippen molar-refractivity contribution >= 4 is 5.71 Å². The number of nitrogens with zero attached hydrogens (tertiary/aromatic N) is 1. The van der Waals surface area contributed by atoms with Crippen LogP contribution in [0.25, 0.3) is 0 Å². The minimum Gasteiger partial charge on any atom is -0.398 e. The molecule has 1 aliphatic carbocycles. The van der Waals surface area contributed by atoms with Gasteiger partial charge in [0.25, 0.3) is 0 Å². The monoisotopic (exact) mass is 109 g/mol. The molecule has 0 aromatic carbocycles. The van der Waals surface area contributed by atoms with Gasteiger partial charge < -0.3 is 4.84 Å². The summed E-state index contributed by atoms with van der Waals surface area (Å²) in [5.74, 6) is 5.73. The van der Waals surface area contributed by atoms with Gasteiger partial charge in [-0.05, 0) is 5.92 Å². The van der Waals surface area contributed by atoms with Gasteiger partial charge in [0, 0.05) is 12.8 Å². The molecular weight excluding hydrogens is 102 g/mol. The van der Waals surface area contributed by atoms with E-state index in [0.29, 0.717) is 0 Å². The average Bonchev–Trinajstić information content (AvgIpc) is 2.19. The summed E-state index contributed by atoms with van der Waals surface area (Å²) < 4.78 is 0. The molecule has 0 bridgehead atoms. The molecule has 0 aliphatic heterocycles. The van der Waals surface area contributed by atoms with Gasteiger partial charge in [0.05, 0.1) is 0 Å². The molecule has 8 heavy (non-hydrogen) atoms. The fourth-order valence-corrected chi connectivity index (χ4v) is 0.587. The summed E-state index contributed by atoms with van der Waals surface area (Å²) in [6, 6.07) is 0. The van der Waals surface area contributed by atoms with Crippen LogP contribution >= 0.6 is 0 Å². The lowest BCUT2D eigenvalue weighted by molar-refractivity contribution is 0.213. The smallest absolute Gasteiger partial charge is 0.130 e. The summed E-state index contributed by atoms with van der Waals surface area (Å²) in [5.41, 5.74) is 0.868. The summed E-state index contributed by atoms with van der Waals surface area (Å²) in [5, 5.41) is 3.67. The molecule has 0 aromatic heterocycles. The molecular formula is C6H7NO. The van der Waals surface area contributed by atoms with Crippen molar-refractivity contribution in [3.63, 3.8) is 0 Å². The second-order valence-corrected chi connectivity index (χ2v) is 1.52. The van der Waals surface area contributed by atoms with E-state index in [2.05, 4.69) is 21.8 Å². The van der Waals surface area contributed by atoms with Crippen LogP contribution in [-0.2, 0) is 4.84 Å². The Labute approximate surface area is 48.5 Å². The van der Waals surface area contributed by atoms with Gasteiger partial charge in [-0.3, -0.25) is 0 Å². The highest BCUT2D eigenvalue weighted by Gasteiger charge is 1.98. The van der Waals surface area contributed by atoms with E-state index in [1.54, 1.807) is 0 Å². The van der Waals surface area contributed by atoms with Crippen molar-refractivity contribution in [2.45, 2.75) is 12.8 Å². The maximum atomic E-state index is 4.51. The van der Waals surface area contributed by atoms with Crippen molar-refractivity contribution in [1.29, 1.82) is 0 Å². The van der Waals surface area contributed by atoms with Crippen LogP contribution in [-0.4, -0.2) is 12.8 Å². The fraction of sp³-hybridized carbons (Fsp3) is 0.500. The molecule has 0 saturated heterocycles. The minimum absolute atomic E-state index is 0.868. The summed E-state index contributed by atoms with van der Waals surface area (Å²) in [4.78, 5) is 4.51. The molecule has 0 atom stereocenters.